The quantitative estimate of drug-likeness (QED) is 0.289. The highest BCUT2D eigenvalue weighted by Gasteiger charge is 2.16. The second kappa shape index (κ2) is 6.19. The lowest BCUT2D eigenvalue weighted by Crippen LogP contribution is -2.35. The molecule has 14 heavy (non-hydrogen) atoms. The molecule has 2 N–H and O–H groups in total. The van der Waals surface area contributed by atoms with E-state index in [1.165, 1.54) is 21.6 Å². The van der Waals surface area contributed by atoms with Gasteiger partial charge in [0.05, 0.1) is 0 Å². The topological polar surface area (TPSA) is 93.8 Å². The minimum Gasteiger partial charge on any atom is -0.862 e. The Labute approximate surface area is 91.9 Å². The summed E-state index contributed by atoms with van der Waals surface area (Å²) >= 11 is 0. The van der Waals surface area contributed by atoms with Crippen LogP contribution in [0.5, 0.6) is 0 Å². The average molecular weight is 234 g/mol. The Bertz CT molecular complexity index is 219. The zero-order chi connectivity index (χ0) is 11.2. The molecule has 0 unspecified atom stereocenters. The largest absolute Gasteiger partial charge is 0.862 e. The van der Waals surface area contributed by atoms with Crippen LogP contribution in [-0.4, -0.2) is 23.3 Å². The van der Waals surface area contributed by atoms with E-state index >= 15 is 0 Å². The van der Waals surface area contributed by atoms with Gasteiger partial charge in [-0.15, -0.1) is 0 Å². The van der Waals surface area contributed by atoms with Crippen molar-refractivity contribution in [2.75, 3.05) is 11.5 Å². The summed E-state index contributed by atoms with van der Waals surface area (Å²) in [5, 5.41) is 34.7. The van der Waals surface area contributed by atoms with Gasteiger partial charge in [-0.2, -0.15) is 0 Å². The summed E-state index contributed by atoms with van der Waals surface area (Å²) in [6, 6.07) is 0. The van der Waals surface area contributed by atoms with Crippen LogP contribution in [0.2, 0.25) is 0 Å². The van der Waals surface area contributed by atoms with Crippen LogP contribution in [0.4, 0.5) is 0 Å². The fourth-order valence-corrected chi connectivity index (χ4v) is 3.08. The Kier molecular flexibility index (Phi) is 6.03. The molecule has 82 valence electrons. The van der Waals surface area contributed by atoms with Crippen LogP contribution >= 0.6 is 21.6 Å². The highest BCUT2D eigenvalue weighted by molar-refractivity contribution is 8.76. The molecule has 0 rings (SSSR count). The monoisotopic (exact) mass is 234 g/mol. The Balaban J connectivity index is 3.54. The average Bonchev–Trinajstić information content (AvgIpc) is 2.02. The van der Waals surface area contributed by atoms with E-state index in [0.717, 1.165) is 0 Å². The molecule has 0 aromatic carbocycles. The first-order valence-corrected chi connectivity index (χ1v) is 6.60. The second-order valence-corrected chi connectivity index (χ2v) is 6.05. The highest BCUT2D eigenvalue weighted by atomic mass is 33.1. The summed E-state index contributed by atoms with van der Waals surface area (Å²) < 4.78 is 0. The minimum atomic E-state index is -0.622. The molecule has 0 saturated heterocycles. The third-order valence-corrected chi connectivity index (χ3v) is 4.26. The predicted octanol–water partition coefficient (Wildman–Crippen LogP) is 0.459. The maximum absolute atomic E-state index is 10.8. The van der Waals surface area contributed by atoms with Gasteiger partial charge in [-0.3, -0.25) is 0 Å². The van der Waals surface area contributed by atoms with E-state index in [0.29, 0.717) is 11.5 Å². The van der Waals surface area contributed by atoms with Gasteiger partial charge in [-0.05, 0) is 18.2 Å². The van der Waals surface area contributed by atoms with E-state index in [1.54, 1.807) is 13.8 Å². The third kappa shape index (κ3) is 6.15. The van der Waals surface area contributed by atoms with Gasteiger partial charge in [0, 0.05) is 16.9 Å². The summed E-state index contributed by atoms with van der Waals surface area (Å²) in [5.74, 6) is 0.0256. The van der Waals surface area contributed by atoms with Crippen molar-refractivity contribution in [2.24, 2.45) is 5.41 Å². The molecule has 0 heterocycles. The molecule has 0 aromatic heterocycles. The smallest absolute Gasteiger partial charge is 0.0132 e. The van der Waals surface area contributed by atoms with Crippen LogP contribution in [0, 0.1) is 16.2 Å². The predicted molar refractivity (Wildman–Crippen MR) is 58.8 cm³/mol. The van der Waals surface area contributed by atoms with Gasteiger partial charge in [0.15, 0.2) is 0 Å². The Morgan fingerprint density at radius 2 is 1.79 bits per heavy atom. The molecular formula is C8H14N2O2S2-2. The molecule has 0 aliphatic rings. The Morgan fingerprint density at radius 3 is 2.21 bits per heavy atom. The van der Waals surface area contributed by atoms with Crippen molar-refractivity contribution in [1.82, 2.24) is 0 Å². The van der Waals surface area contributed by atoms with Gasteiger partial charge in [-0.25, -0.2) is 0 Å². The van der Waals surface area contributed by atoms with E-state index in [4.69, 9.17) is 10.8 Å². The summed E-state index contributed by atoms with van der Waals surface area (Å²) in [5.41, 5.74) is -0.622. The molecule has 4 nitrogen and oxygen atoms in total. The Hall–Kier alpha value is -0.360. The summed E-state index contributed by atoms with van der Waals surface area (Å²) in [7, 11) is 2.94. The summed E-state index contributed by atoms with van der Waals surface area (Å²) in [4.78, 5) is 0. The van der Waals surface area contributed by atoms with Crippen molar-refractivity contribution in [3.8, 4) is 0 Å². The first-order valence-electron chi connectivity index (χ1n) is 4.11. The molecule has 6 heteroatoms. The van der Waals surface area contributed by atoms with Crippen molar-refractivity contribution in [2.45, 2.75) is 20.3 Å². The number of hydrogen-bond donors (Lipinski definition) is 2. The Morgan fingerprint density at radius 1 is 1.21 bits per heavy atom. The van der Waals surface area contributed by atoms with E-state index < -0.39 is 17.2 Å². The molecule has 0 aliphatic heterocycles. The lowest BCUT2D eigenvalue weighted by atomic mass is 9.97. The van der Waals surface area contributed by atoms with Gasteiger partial charge >= 0.3 is 0 Å². The first kappa shape index (κ1) is 13.6. The maximum atomic E-state index is 10.8. The van der Waals surface area contributed by atoms with Crippen LogP contribution in [0.15, 0.2) is 0 Å². The fraction of sp³-hybridized carbons (Fsp3) is 0.750. The van der Waals surface area contributed by atoms with E-state index in [2.05, 4.69) is 0 Å². The maximum Gasteiger partial charge on any atom is 0.0132 e. The van der Waals surface area contributed by atoms with E-state index in [1.807, 2.05) is 0 Å². The van der Waals surface area contributed by atoms with Crippen molar-refractivity contribution < 1.29 is 10.2 Å². The molecule has 0 saturated carbocycles. The van der Waals surface area contributed by atoms with Crippen LogP contribution in [0.3, 0.4) is 0 Å². The zero-order valence-electron chi connectivity index (χ0n) is 8.25. The third-order valence-electron chi connectivity index (χ3n) is 1.53. The zero-order valence-corrected chi connectivity index (χ0v) is 9.89. The highest BCUT2D eigenvalue weighted by Crippen LogP contribution is 2.30. The summed E-state index contributed by atoms with van der Waals surface area (Å²) in [6.45, 7) is 3.46. The van der Waals surface area contributed by atoms with Crippen molar-refractivity contribution in [3.05, 3.63) is 0 Å². The SMILES string of the molecule is CC(C)(CSSCCC(=N)[O-])C(=N)[O-]. The standard InChI is InChI=1S/C8H16N2O2S2/c1-8(2,7(10)12)5-14-13-4-3-6(9)11/h3-5H2,1-2H3,(H2,9,11)(H2,10,12)/p-2. The first-order chi connectivity index (χ1) is 6.36. The van der Waals surface area contributed by atoms with Crippen LogP contribution in [0.25, 0.3) is 0 Å². The van der Waals surface area contributed by atoms with Crippen LogP contribution in [-0.2, 0) is 0 Å². The van der Waals surface area contributed by atoms with E-state index in [9.17, 15) is 10.2 Å². The van der Waals surface area contributed by atoms with Crippen molar-refractivity contribution in [1.29, 1.82) is 10.8 Å². The van der Waals surface area contributed by atoms with Gasteiger partial charge in [-0.1, -0.05) is 35.4 Å². The second-order valence-electron chi connectivity index (χ2n) is 3.47. The number of rotatable bonds is 7. The molecule has 0 bridgehead atoms. The van der Waals surface area contributed by atoms with Crippen molar-refractivity contribution >= 4 is 33.4 Å². The molecule has 0 aromatic rings. The fourth-order valence-electron chi connectivity index (χ4n) is 0.448. The van der Waals surface area contributed by atoms with Crippen LogP contribution < -0.4 is 10.2 Å². The van der Waals surface area contributed by atoms with Gasteiger partial charge in [0.2, 0.25) is 0 Å². The van der Waals surface area contributed by atoms with Gasteiger partial charge in [0.25, 0.3) is 0 Å². The molecular weight excluding hydrogens is 220 g/mol. The van der Waals surface area contributed by atoms with E-state index in [-0.39, 0.29) is 6.42 Å². The molecule has 0 spiro atoms. The molecule has 0 fully saturated rings. The molecule has 0 radical (unpaired) electrons. The van der Waals surface area contributed by atoms with Crippen molar-refractivity contribution in [3.63, 3.8) is 0 Å². The molecule has 0 aliphatic carbocycles. The van der Waals surface area contributed by atoms with Crippen LogP contribution in [0.1, 0.15) is 20.3 Å². The minimum absolute atomic E-state index is 0.243. The lowest BCUT2D eigenvalue weighted by molar-refractivity contribution is -0.230. The molecule has 0 atom stereocenters. The normalized spacial score (nSPS) is 11.3. The molecule has 0 amide bonds. The lowest BCUT2D eigenvalue weighted by Gasteiger charge is -2.28. The number of nitrogens with one attached hydrogen (secondary N) is 2. The van der Waals surface area contributed by atoms with Gasteiger partial charge in [0.1, 0.15) is 0 Å². The van der Waals surface area contributed by atoms with Gasteiger partial charge < -0.3 is 21.0 Å². The summed E-state index contributed by atoms with van der Waals surface area (Å²) in [6.07, 6.45) is 0.243. The number of hydrogen-bond acceptors (Lipinski definition) is 6.